The molecule has 6 heteroatoms. The average molecular weight is 421 g/mol. The van der Waals surface area contributed by atoms with Crippen molar-refractivity contribution in [1.29, 1.82) is 0 Å². The van der Waals surface area contributed by atoms with Crippen molar-refractivity contribution < 1.29 is 23.8 Å². The standard InChI is InChI=1S/C20H21BrO5/c1-24-18(22)8-7-15-16(12-25-10-13-5-3-2-4-6-13)17(21)9-14-11-26-20(23)19(14)15/h2-9,14-16,19H,10-12H2,1H3/b8-7+/t14-,15+,16+,19+/m1/s1. The topological polar surface area (TPSA) is 61.8 Å². The van der Waals surface area contributed by atoms with Crippen LogP contribution in [0, 0.1) is 23.7 Å². The van der Waals surface area contributed by atoms with E-state index >= 15 is 0 Å². The summed E-state index contributed by atoms with van der Waals surface area (Å²) in [7, 11) is 1.33. The summed E-state index contributed by atoms with van der Waals surface area (Å²) in [5.74, 6) is -1.21. The van der Waals surface area contributed by atoms with Crippen molar-refractivity contribution in [1.82, 2.24) is 0 Å². The molecule has 3 rings (SSSR count). The van der Waals surface area contributed by atoms with Crippen LogP contribution in [0.4, 0.5) is 0 Å². The Bertz CT molecular complexity index is 712. The predicted octanol–water partition coefficient (Wildman–Crippen LogP) is 3.25. The number of cyclic esters (lactones) is 1. The number of allylic oxidation sites excluding steroid dienone is 1. The predicted molar refractivity (Wildman–Crippen MR) is 99.2 cm³/mol. The van der Waals surface area contributed by atoms with E-state index in [1.165, 1.54) is 13.2 Å². The molecule has 1 fully saturated rings. The van der Waals surface area contributed by atoms with Gasteiger partial charge < -0.3 is 14.2 Å². The van der Waals surface area contributed by atoms with Gasteiger partial charge in [-0.2, -0.15) is 0 Å². The van der Waals surface area contributed by atoms with Crippen molar-refractivity contribution >= 4 is 27.9 Å². The summed E-state index contributed by atoms with van der Waals surface area (Å²) < 4.78 is 16.8. The van der Waals surface area contributed by atoms with E-state index in [1.807, 2.05) is 36.4 Å². The summed E-state index contributed by atoms with van der Waals surface area (Å²) in [6.07, 6.45) is 5.17. The largest absolute Gasteiger partial charge is 0.466 e. The highest BCUT2D eigenvalue weighted by molar-refractivity contribution is 9.11. The fourth-order valence-electron chi connectivity index (χ4n) is 3.49. The van der Waals surface area contributed by atoms with E-state index in [2.05, 4.69) is 20.7 Å². The van der Waals surface area contributed by atoms with E-state index < -0.39 is 5.97 Å². The number of benzene rings is 1. The monoisotopic (exact) mass is 420 g/mol. The van der Waals surface area contributed by atoms with Crippen LogP contribution in [0.25, 0.3) is 0 Å². The Labute approximate surface area is 161 Å². The molecule has 0 spiro atoms. The molecule has 1 aliphatic carbocycles. The fourth-order valence-corrected chi connectivity index (χ4v) is 4.27. The fraction of sp³-hybridized carbons (Fsp3) is 0.400. The number of carbonyl (C=O) groups excluding carboxylic acids is 2. The van der Waals surface area contributed by atoms with Crippen LogP contribution >= 0.6 is 15.9 Å². The maximum Gasteiger partial charge on any atom is 0.330 e. The van der Waals surface area contributed by atoms with Crippen molar-refractivity contribution in [2.45, 2.75) is 6.61 Å². The number of hydrogen-bond acceptors (Lipinski definition) is 5. The minimum atomic E-state index is -0.442. The molecule has 2 aliphatic rings. The van der Waals surface area contributed by atoms with Crippen molar-refractivity contribution in [3.8, 4) is 0 Å². The number of halogens is 1. The summed E-state index contributed by atoms with van der Waals surface area (Å²) in [5, 5.41) is 0. The van der Waals surface area contributed by atoms with Gasteiger partial charge >= 0.3 is 11.9 Å². The van der Waals surface area contributed by atoms with Crippen LogP contribution in [0.2, 0.25) is 0 Å². The van der Waals surface area contributed by atoms with E-state index in [9.17, 15) is 9.59 Å². The van der Waals surface area contributed by atoms with Crippen LogP contribution in [0.1, 0.15) is 5.56 Å². The smallest absolute Gasteiger partial charge is 0.330 e. The van der Waals surface area contributed by atoms with Crippen molar-refractivity contribution in [3.05, 3.63) is 58.6 Å². The molecule has 0 unspecified atom stereocenters. The quantitative estimate of drug-likeness (QED) is 0.522. The van der Waals surface area contributed by atoms with Crippen molar-refractivity contribution in [2.75, 3.05) is 20.3 Å². The third kappa shape index (κ3) is 4.24. The summed E-state index contributed by atoms with van der Waals surface area (Å²) >= 11 is 3.63. The van der Waals surface area contributed by atoms with Gasteiger partial charge in [-0.25, -0.2) is 4.79 Å². The Morgan fingerprint density at radius 3 is 2.85 bits per heavy atom. The van der Waals surface area contributed by atoms with Gasteiger partial charge in [0.2, 0.25) is 0 Å². The molecule has 5 nitrogen and oxygen atoms in total. The lowest BCUT2D eigenvalue weighted by atomic mass is 9.71. The molecule has 0 amide bonds. The highest BCUT2D eigenvalue weighted by Gasteiger charge is 2.47. The molecule has 1 heterocycles. The number of rotatable bonds is 6. The van der Waals surface area contributed by atoms with E-state index in [0.29, 0.717) is 19.8 Å². The second-order valence-corrected chi connectivity index (χ2v) is 7.35. The Kier molecular flexibility index (Phi) is 6.27. The number of methoxy groups -OCH3 is 1. The second-order valence-electron chi connectivity index (χ2n) is 6.44. The molecule has 0 aromatic heterocycles. The number of ether oxygens (including phenoxy) is 3. The molecule has 1 aromatic carbocycles. The SMILES string of the molecule is COC(=O)/C=C/[C@@H]1[C@H]2C(=O)OC[C@H]2C=C(Br)[C@H]1COCc1ccccc1. The Morgan fingerprint density at radius 1 is 1.35 bits per heavy atom. The van der Waals surface area contributed by atoms with Crippen LogP contribution in [0.5, 0.6) is 0 Å². The van der Waals surface area contributed by atoms with Gasteiger partial charge in [0.05, 0.1) is 32.8 Å². The Morgan fingerprint density at radius 2 is 2.12 bits per heavy atom. The number of hydrogen-bond donors (Lipinski definition) is 0. The van der Waals surface area contributed by atoms with Crippen LogP contribution in [0.15, 0.2) is 53.0 Å². The number of esters is 2. The first-order valence-electron chi connectivity index (χ1n) is 8.52. The average Bonchev–Trinajstić information content (AvgIpc) is 3.02. The third-order valence-corrected chi connectivity index (χ3v) is 5.68. The van der Waals surface area contributed by atoms with Gasteiger partial charge in [0.15, 0.2) is 0 Å². The van der Waals surface area contributed by atoms with E-state index in [4.69, 9.17) is 9.47 Å². The van der Waals surface area contributed by atoms with Gasteiger partial charge in [0.25, 0.3) is 0 Å². The molecular weight excluding hydrogens is 400 g/mol. The molecule has 0 radical (unpaired) electrons. The molecule has 0 saturated carbocycles. The summed E-state index contributed by atoms with van der Waals surface area (Å²) in [5.41, 5.74) is 1.09. The van der Waals surface area contributed by atoms with Crippen LogP contribution < -0.4 is 0 Å². The molecule has 1 aromatic rings. The van der Waals surface area contributed by atoms with Gasteiger partial charge in [0.1, 0.15) is 0 Å². The molecule has 4 atom stereocenters. The van der Waals surface area contributed by atoms with Crippen LogP contribution in [-0.4, -0.2) is 32.3 Å². The third-order valence-electron chi connectivity index (χ3n) is 4.82. The lowest BCUT2D eigenvalue weighted by Gasteiger charge is -2.34. The molecule has 0 N–H and O–H groups in total. The zero-order valence-corrected chi connectivity index (χ0v) is 16.1. The lowest BCUT2D eigenvalue weighted by molar-refractivity contribution is -0.143. The number of fused-ring (bicyclic) bond motifs is 1. The summed E-state index contributed by atoms with van der Waals surface area (Å²) in [4.78, 5) is 23.8. The molecule has 26 heavy (non-hydrogen) atoms. The summed E-state index contributed by atoms with van der Waals surface area (Å²) in [6.45, 7) is 1.29. The van der Waals surface area contributed by atoms with Crippen molar-refractivity contribution in [3.63, 3.8) is 0 Å². The Balaban J connectivity index is 1.75. The van der Waals surface area contributed by atoms with Gasteiger partial charge in [0, 0.05) is 23.8 Å². The van der Waals surface area contributed by atoms with Crippen LogP contribution in [0.3, 0.4) is 0 Å². The first-order chi connectivity index (χ1) is 12.6. The zero-order valence-electron chi connectivity index (χ0n) is 14.5. The highest BCUT2D eigenvalue weighted by atomic mass is 79.9. The minimum absolute atomic E-state index is 0.00884. The van der Waals surface area contributed by atoms with E-state index in [-0.39, 0.29) is 29.6 Å². The summed E-state index contributed by atoms with van der Waals surface area (Å²) in [6, 6.07) is 9.91. The van der Waals surface area contributed by atoms with Gasteiger partial charge in [-0.3, -0.25) is 4.79 Å². The van der Waals surface area contributed by atoms with Crippen LogP contribution in [-0.2, 0) is 30.4 Å². The molecular formula is C20H21BrO5. The molecule has 138 valence electrons. The van der Waals surface area contributed by atoms with E-state index in [0.717, 1.165) is 10.0 Å². The second kappa shape index (κ2) is 8.64. The van der Waals surface area contributed by atoms with Gasteiger partial charge in [-0.1, -0.05) is 58.4 Å². The first-order valence-corrected chi connectivity index (χ1v) is 9.31. The Hall–Kier alpha value is -1.92. The molecule has 1 saturated heterocycles. The van der Waals surface area contributed by atoms with Gasteiger partial charge in [-0.05, 0) is 10.0 Å². The molecule has 0 bridgehead atoms. The maximum atomic E-state index is 12.2. The van der Waals surface area contributed by atoms with Gasteiger partial charge in [-0.15, -0.1) is 0 Å². The highest BCUT2D eigenvalue weighted by Crippen LogP contribution is 2.45. The maximum absolute atomic E-state index is 12.2. The van der Waals surface area contributed by atoms with Crippen molar-refractivity contribution in [2.24, 2.45) is 23.7 Å². The number of carbonyl (C=O) groups is 2. The zero-order chi connectivity index (χ0) is 18.5. The normalized spacial score (nSPS) is 27.8. The lowest BCUT2D eigenvalue weighted by Crippen LogP contribution is -2.35. The minimum Gasteiger partial charge on any atom is -0.466 e. The molecule has 1 aliphatic heterocycles. The first kappa shape index (κ1) is 18.9. The van der Waals surface area contributed by atoms with E-state index in [1.54, 1.807) is 6.08 Å².